The molecule has 0 radical (unpaired) electrons. The van der Waals surface area contributed by atoms with Gasteiger partial charge < -0.3 is 18.9 Å². The summed E-state index contributed by atoms with van der Waals surface area (Å²) in [4.78, 5) is 12.3. The number of methoxy groups -OCH3 is 3. The number of ether oxygens (including phenoxy) is 4. The summed E-state index contributed by atoms with van der Waals surface area (Å²) in [5.74, 6) is 0.828. The van der Waals surface area contributed by atoms with Crippen LogP contribution < -0.4 is 14.2 Å². The number of benzene rings is 2. The average molecular weight is 335 g/mol. The molecule has 0 aliphatic carbocycles. The van der Waals surface area contributed by atoms with Crippen LogP contribution in [0.25, 0.3) is 0 Å². The second kappa shape index (κ2) is 6.01. The topological polar surface area (TPSA) is 54.0 Å². The molecule has 2 aromatic rings. The quantitative estimate of drug-likeness (QED) is 0.799. The summed E-state index contributed by atoms with van der Waals surface area (Å²) in [7, 11) is 4.53. The number of cyclic esters (lactones) is 1. The highest BCUT2D eigenvalue weighted by atomic mass is 35.5. The molecule has 1 aliphatic heterocycles. The van der Waals surface area contributed by atoms with Crippen molar-refractivity contribution in [2.24, 2.45) is 0 Å². The van der Waals surface area contributed by atoms with Crippen LogP contribution in [-0.4, -0.2) is 27.3 Å². The van der Waals surface area contributed by atoms with Crippen LogP contribution in [0, 0.1) is 0 Å². The Kier molecular flexibility index (Phi) is 4.05. The monoisotopic (exact) mass is 334 g/mol. The van der Waals surface area contributed by atoms with Crippen molar-refractivity contribution < 1.29 is 23.7 Å². The second-order valence-electron chi connectivity index (χ2n) is 4.94. The third-order valence-corrected chi connectivity index (χ3v) is 4.00. The van der Waals surface area contributed by atoms with Crippen molar-refractivity contribution in [2.75, 3.05) is 21.3 Å². The third kappa shape index (κ3) is 2.47. The van der Waals surface area contributed by atoms with Gasteiger partial charge in [-0.15, -0.1) is 0 Å². The van der Waals surface area contributed by atoms with Crippen LogP contribution in [0.4, 0.5) is 0 Å². The fourth-order valence-electron chi connectivity index (χ4n) is 2.71. The van der Waals surface area contributed by atoms with E-state index in [1.54, 1.807) is 18.2 Å². The van der Waals surface area contributed by atoms with Crippen molar-refractivity contribution in [1.82, 2.24) is 0 Å². The molecule has 1 atom stereocenters. The molecule has 6 heteroatoms. The van der Waals surface area contributed by atoms with E-state index >= 15 is 0 Å². The van der Waals surface area contributed by atoms with Crippen LogP contribution >= 0.6 is 11.6 Å². The number of carbonyl (C=O) groups is 1. The van der Waals surface area contributed by atoms with E-state index in [1.165, 1.54) is 21.3 Å². The fourth-order valence-corrected chi connectivity index (χ4v) is 2.84. The van der Waals surface area contributed by atoms with Crippen LogP contribution in [0.5, 0.6) is 17.2 Å². The van der Waals surface area contributed by atoms with Crippen LogP contribution in [-0.2, 0) is 4.74 Å². The molecule has 0 aromatic heterocycles. The molecule has 23 heavy (non-hydrogen) atoms. The zero-order chi connectivity index (χ0) is 16.6. The van der Waals surface area contributed by atoms with Crippen LogP contribution in [0.15, 0.2) is 30.3 Å². The first-order valence-corrected chi connectivity index (χ1v) is 7.27. The van der Waals surface area contributed by atoms with Gasteiger partial charge in [0.05, 0.1) is 32.5 Å². The van der Waals surface area contributed by atoms with Gasteiger partial charge in [0.15, 0.2) is 17.6 Å². The Morgan fingerprint density at radius 3 is 2.22 bits per heavy atom. The number of rotatable bonds is 4. The molecule has 1 heterocycles. The van der Waals surface area contributed by atoms with Crippen molar-refractivity contribution in [3.05, 3.63) is 52.0 Å². The van der Waals surface area contributed by atoms with Crippen LogP contribution in [0.2, 0.25) is 5.02 Å². The molecule has 1 aliphatic rings. The number of esters is 1. The van der Waals surface area contributed by atoms with Crippen LogP contribution in [0.3, 0.4) is 0 Å². The molecule has 120 valence electrons. The van der Waals surface area contributed by atoms with Gasteiger partial charge in [0.25, 0.3) is 0 Å². The van der Waals surface area contributed by atoms with Crippen molar-refractivity contribution in [3.63, 3.8) is 0 Å². The highest BCUT2D eigenvalue weighted by Crippen LogP contribution is 2.50. The number of hydrogen-bond donors (Lipinski definition) is 0. The number of fused-ring (bicyclic) bond motifs is 1. The first kappa shape index (κ1) is 15.5. The molecule has 0 saturated heterocycles. The number of hydrogen-bond acceptors (Lipinski definition) is 5. The summed E-state index contributed by atoms with van der Waals surface area (Å²) in [6.07, 6.45) is -0.579. The first-order chi connectivity index (χ1) is 11.1. The number of carbonyl (C=O) groups excluding carboxylic acids is 1. The van der Waals surface area contributed by atoms with E-state index in [9.17, 15) is 4.79 Å². The lowest BCUT2D eigenvalue weighted by atomic mass is 9.97. The van der Waals surface area contributed by atoms with E-state index in [0.29, 0.717) is 33.4 Å². The highest BCUT2D eigenvalue weighted by Gasteiger charge is 2.38. The normalized spacial score (nSPS) is 15.8. The summed E-state index contributed by atoms with van der Waals surface area (Å²) in [6.45, 7) is 0. The van der Waals surface area contributed by atoms with Gasteiger partial charge in [-0.25, -0.2) is 4.79 Å². The summed E-state index contributed by atoms with van der Waals surface area (Å²) >= 11 is 5.92. The third-order valence-electron chi connectivity index (χ3n) is 3.75. The lowest BCUT2D eigenvalue weighted by Gasteiger charge is -2.18. The Balaban J connectivity index is 2.22. The van der Waals surface area contributed by atoms with Gasteiger partial charge in [0.1, 0.15) is 0 Å². The zero-order valence-corrected chi connectivity index (χ0v) is 13.6. The molecule has 0 bridgehead atoms. The van der Waals surface area contributed by atoms with E-state index in [1.807, 2.05) is 12.1 Å². The summed E-state index contributed by atoms with van der Waals surface area (Å²) in [5.41, 5.74) is 1.82. The zero-order valence-electron chi connectivity index (χ0n) is 12.9. The minimum absolute atomic E-state index is 0.402. The molecule has 0 amide bonds. The minimum Gasteiger partial charge on any atom is -0.493 e. The maximum absolute atomic E-state index is 12.3. The van der Waals surface area contributed by atoms with Crippen molar-refractivity contribution >= 4 is 17.6 Å². The molecule has 0 spiro atoms. The largest absolute Gasteiger partial charge is 0.493 e. The molecule has 0 saturated carbocycles. The summed E-state index contributed by atoms with van der Waals surface area (Å²) in [6, 6.07) is 8.72. The lowest BCUT2D eigenvalue weighted by Crippen LogP contribution is -2.03. The Morgan fingerprint density at radius 1 is 1.00 bits per heavy atom. The molecule has 0 fully saturated rings. The van der Waals surface area contributed by atoms with E-state index in [2.05, 4.69) is 0 Å². The molecule has 0 N–H and O–H groups in total. The van der Waals surface area contributed by atoms with Gasteiger partial charge in [-0.1, -0.05) is 23.7 Å². The van der Waals surface area contributed by atoms with Gasteiger partial charge in [-0.2, -0.15) is 0 Å². The lowest BCUT2D eigenvalue weighted by molar-refractivity contribution is 0.0454. The second-order valence-corrected chi connectivity index (χ2v) is 5.38. The van der Waals surface area contributed by atoms with Gasteiger partial charge in [-0.3, -0.25) is 0 Å². The van der Waals surface area contributed by atoms with Crippen molar-refractivity contribution in [2.45, 2.75) is 6.10 Å². The van der Waals surface area contributed by atoms with Crippen molar-refractivity contribution in [3.8, 4) is 17.2 Å². The first-order valence-electron chi connectivity index (χ1n) is 6.90. The predicted octanol–water partition coefficient (Wildman–Crippen LogP) is 3.63. The van der Waals surface area contributed by atoms with E-state index < -0.39 is 12.1 Å². The maximum atomic E-state index is 12.3. The van der Waals surface area contributed by atoms with Gasteiger partial charge in [0, 0.05) is 5.02 Å². The molecule has 3 rings (SSSR count). The molecular weight excluding hydrogens is 320 g/mol. The van der Waals surface area contributed by atoms with Gasteiger partial charge >= 0.3 is 5.97 Å². The SMILES string of the molecule is COc1cc2c(c(OC)c1OC)C(c1ccc(Cl)cc1)OC2=O. The average Bonchev–Trinajstić information content (AvgIpc) is 2.90. The van der Waals surface area contributed by atoms with E-state index in [0.717, 1.165) is 5.56 Å². The maximum Gasteiger partial charge on any atom is 0.339 e. The fraction of sp³-hybridized carbons (Fsp3) is 0.235. The van der Waals surface area contributed by atoms with Crippen molar-refractivity contribution in [1.29, 1.82) is 0 Å². The van der Waals surface area contributed by atoms with Gasteiger partial charge in [0.2, 0.25) is 5.75 Å². The summed E-state index contributed by atoms with van der Waals surface area (Å²) < 4.78 is 21.7. The summed E-state index contributed by atoms with van der Waals surface area (Å²) in [5, 5.41) is 0.609. The Hall–Kier alpha value is -2.40. The molecule has 1 unspecified atom stereocenters. The smallest absolute Gasteiger partial charge is 0.339 e. The van der Waals surface area contributed by atoms with Crippen LogP contribution in [0.1, 0.15) is 27.6 Å². The van der Waals surface area contributed by atoms with E-state index in [4.69, 9.17) is 30.5 Å². The molecule has 2 aromatic carbocycles. The number of halogens is 1. The Bertz CT molecular complexity index is 755. The van der Waals surface area contributed by atoms with Gasteiger partial charge in [-0.05, 0) is 23.8 Å². The minimum atomic E-state index is -0.579. The predicted molar refractivity (Wildman–Crippen MR) is 84.8 cm³/mol. The highest BCUT2D eigenvalue weighted by molar-refractivity contribution is 6.30. The Labute approximate surface area is 138 Å². The Morgan fingerprint density at radius 2 is 1.65 bits per heavy atom. The molecular formula is C17H15ClO5. The molecule has 5 nitrogen and oxygen atoms in total. The van der Waals surface area contributed by atoms with E-state index in [-0.39, 0.29) is 0 Å². The standard InChI is InChI=1S/C17H15ClO5/c1-20-12-8-11-13(16(22-3)15(12)21-2)14(23-17(11)19)9-4-6-10(18)7-5-9/h4-8,14H,1-3H3.